The summed E-state index contributed by atoms with van der Waals surface area (Å²) in [6.45, 7) is 8.82. The molecule has 2 rings (SSSR count). The Morgan fingerprint density at radius 1 is 1.18 bits per heavy atom. The molecule has 0 unspecified atom stereocenters. The van der Waals surface area contributed by atoms with Crippen molar-refractivity contribution >= 4 is 28.6 Å². The SMILES string of the molecule is CCNC(=NCc1ccc(C)s1)NCCc1ncc(CC)s1. The fourth-order valence-corrected chi connectivity index (χ4v) is 3.66. The van der Waals surface area contributed by atoms with Gasteiger partial charge in [0.25, 0.3) is 0 Å². The monoisotopic (exact) mass is 336 g/mol. The second-order valence-electron chi connectivity index (χ2n) is 4.96. The molecule has 2 N–H and O–H groups in total. The van der Waals surface area contributed by atoms with Crippen LogP contribution in [0, 0.1) is 6.92 Å². The smallest absolute Gasteiger partial charge is 0.191 e. The summed E-state index contributed by atoms with van der Waals surface area (Å²) < 4.78 is 0. The summed E-state index contributed by atoms with van der Waals surface area (Å²) in [5.41, 5.74) is 0. The van der Waals surface area contributed by atoms with E-state index in [4.69, 9.17) is 0 Å². The fraction of sp³-hybridized carbons (Fsp3) is 0.500. The zero-order valence-corrected chi connectivity index (χ0v) is 15.1. The molecule has 0 aromatic carbocycles. The minimum absolute atomic E-state index is 0.727. The number of aliphatic imine (C=N–C) groups is 1. The highest BCUT2D eigenvalue weighted by Gasteiger charge is 2.02. The van der Waals surface area contributed by atoms with Crippen molar-refractivity contribution in [3.63, 3.8) is 0 Å². The molecule has 0 aliphatic rings. The van der Waals surface area contributed by atoms with Crippen molar-refractivity contribution in [3.8, 4) is 0 Å². The molecule has 0 spiro atoms. The number of hydrogen-bond donors (Lipinski definition) is 2. The van der Waals surface area contributed by atoms with Gasteiger partial charge in [0, 0.05) is 40.3 Å². The summed E-state index contributed by atoms with van der Waals surface area (Å²) in [6, 6.07) is 4.29. The lowest BCUT2D eigenvalue weighted by Crippen LogP contribution is -2.38. The quantitative estimate of drug-likeness (QED) is 0.602. The Balaban J connectivity index is 1.82. The lowest BCUT2D eigenvalue weighted by molar-refractivity contribution is 0.797. The van der Waals surface area contributed by atoms with Crippen molar-refractivity contribution in [1.82, 2.24) is 15.6 Å². The van der Waals surface area contributed by atoms with E-state index in [0.29, 0.717) is 0 Å². The van der Waals surface area contributed by atoms with Gasteiger partial charge in [0.05, 0.1) is 11.6 Å². The Bertz CT molecular complexity index is 601. The molecule has 2 heterocycles. The first kappa shape index (κ1) is 17.0. The zero-order valence-electron chi connectivity index (χ0n) is 13.5. The van der Waals surface area contributed by atoms with Crippen LogP contribution in [0.5, 0.6) is 0 Å². The van der Waals surface area contributed by atoms with Crippen LogP contribution in [-0.4, -0.2) is 24.0 Å². The van der Waals surface area contributed by atoms with Gasteiger partial charge in [0.1, 0.15) is 0 Å². The minimum atomic E-state index is 0.727. The highest BCUT2D eigenvalue weighted by Crippen LogP contribution is 2.15. The molecule has 6 heteroatoms. The van der Waals surface area contributed by atoms with Crippen LogP contribution in [0.2, 0.25) is 0 Å². The van der Waals surface area contributed by atoms with E-state index in [1.165, 1.54) is 19.6 Å². The summed E-state index contributed by atoms with van der Waals surface area (Å²) in [5.74, 6) is 0.876. The molecule has 22 heavy (non-hydrogen) atoms. The van der Waals surface area contributed by atoms with Gasteiger partial charge in [-0.25, -0.2) is 9.98 Å². The number of nitrogens with zero attached hydrogens (tertiary/aromatic N) is 2. The summed E-state index contributed by atoms with van der Waals surface area (Å²) >= 11 is 3.60. The van der Waals surface area contributed by atoms with Gasteiger partial charge in [-0.05, 0) is 32.4 Å². The predicted octanol–water partition coefficient (Wildman–Crippen LogP) is 3.37. The number of aryl methyl sites for hydroxylation is 2. The lowest BCUT2D eigenvalue weighted by atomic mass is 10.4. The van der Waals surface area contributed by atoms with Crippen molar-refractivity contribution in [2.75, 3.05) is 13.1 Å². The van der Waals surface area contributed by atoms with Gasteiger partial charge >= 0.3 is 0 Å². The van der Waals surface area contributed by atoms with E-state index in [2.05, 4.69) is 53.5 Å². The molecule has 0 fully saturated rings. The summed E-state index contributed by atoms with van der Waals surface area (Å²) in [7, 11) is 0. The summed E-state index contributed by atoms with van der Waals surface area (Å²) in [6.07, 6.45) is 3.99. The van der Waals surface area contributed by atoms with Gasteiger partial charge in [-0.1, -0.05) is 6.92 Å². The Morgan fingerprint density at radius 3 is 2.68 bits per heavy atom. The molecule has 0 amide bonds. The first-order valence-corrected chi connectivity index (χ1v) is 9.35. The van der Waals surface area contributed by atoms with Crippen LogP contribution in [0.1, 0.15) is 33.5 Å². The van der Waals surface area contributed by atoms with E-state index in [1.54, 1.807) is 22.7 Å². The fourth-order valence-electron chi connectivity index (χ4n) is 1.98. The van der Waals surface area contributed by atoms with Crippen molar-refractivity contribution in [1.29, 1.82) is 0 Å². The van der Waals surface area contributed by atoms with Crippen LogP contribution >= 0.6 is 22.7 Å². The van der Waals surface area contributed by atoms with Gasteiger partial charge in [0.15, 0.2) is 5.96 Å². The minimum Gasteiger partial charge on any atom is -0.357 e. The zero-order chi connectivity index (χ0) is 15.8. The topological polar surface area (TPSA) is 49.3 Å². The molecule has 0 saturated carbocycles. The highest BCUT2D eigenvalue weighted by atomic mass is 32.1. The molecule has 120 valence electrons. The number of thiazole rings is 1. The van der Waals surface area contributed by atoms with E-state index in [1.807, 2.05) is 6.20 Å². The lowest BCUT2D eigenvalue weighted by Gasteiger charge is -2.10. The van der Waals surface area contributed by atoms with Crippen LogP contribution in [0.3, 0.4) is 0 Å². The van der Waals surface area contributed by atoms with Gasteiger partial charge in [-0.2, -0.15) is 0 Å². The number of rotatable bonds is 7. The third-order valence-corrected chi connectivity index (χ3v) is 5.30. The number of nitrogens with one attached hydrogen (secondary N) is 2. The van der Waals surface area contributed by atoms with Crippen LogP contribution < -0.4 is 10.6 Å². The van der Waals surface area contributed by atoms with Crippen molar-refractivity contribution in [2.45, 2.75) is 40.2 Å². The first-order chi connectivity index (χ1) is 10.7. The molecule has 0 aliphatic heterocycles. The third-order valence-electron chi connectivity index (χ3n) is 3.11. The maximum absolute atomic E-state index is 4.64. The Morgan fingerprint density at radius 2 is 2.05 bits per heavy atom. The largest absolute Gasteiger partial charge is 0.357 e. The van der Waals surface area contributed by atoms with Gasteiger partial charge in [-0.15, -0.1) is 22.7 Å². The predicted molar refractivity (Wildman–Crippen MR) is 97.1 cm³/mol. The van der Waals surface area contributed by atoms with Gasteiger partial charge in [-0.3, -0.25) is 0 Å². The van der Waals surface area contributed by atoms with Crippen LogP contribution in [0.25, 0.3) is 0 Å². The number of thiophene rings is 1. The molecule has 0 saturated heterocycles. The standard InChI is InChI=1S/C16H24N4S2/c1-4-13-10-19-15(22-13)8-9-18-16(17-5-2)20-11-14-7-6-12(3)21-14/h6-7,10H,4-5,8-9,11H2,1-3H3,(H2,17,18,20). The van der Waals surface area contributed by atoms with Crippen LogP contribution in [0.4, 0.5) is 0 Å². The normalized spacial score (nSPS) is 11.7. The average Bonchev–Trinajstić information content (AvgIpc) is 3.13. The van der Waals surface area contributed by atoms with Crippen LogP contribution in [-0.2, 0) is 19.4 Å². The third kappa shape index (κ3) is 5.42. The van der Waals surface area contributed by atoms with Gasteiger partial charge < -0.3 is 10.6 Å². The van der Waals surface area contributed by atoms with E-state index < -0.39 is 0 Å². The number of hydrogen-bond acceptors (Lipinski definition) is 4. The molecule has 0 aliphatic carbocycles. The molecular weight excluding hydrogens is 312 g/mol. The molecule has 0 atom stereocenters. The van der Waals surface area contributed by atoms with Gasteiger partial charge in [0.2, 0.25) is 0 Å². The molecule has 0 bridgehead atoms. The van der Waals surface area contributed by atoms with E-state index in [9.17, 15) is 0 Å². The second kappa shape index (κ2) is 8.90. The van der Waals surface area contributed by atoms with Crippen molar-refractivity contribution in [3.05, 3.63) is 38.0 Å². The van der Waals surface area contributed by atoms with E-state index in [-0.39, 0.29) is 0 Å². The Kier molecular flexibility index (Phi) is 6.86. The van der Waals surface area contributed by atoms with Crippen molar-refractivity contribution in [2.24, 2.45) is 4.99 Å². The maximum atomic E-state index is 4.64. The second-order valence-corrected chi connectivity index (χ2v) is 7.53. The molecule has 4 nitrogen and oxygen atoms in total. The maximum Gasteiger partial charge on any atom is 0.191 e. The Hall–Kier alpha value is -1.40. The average molecular weight is 337 g/mol. The summed E-state index contributed by atoms with van der Waals surface area (Å²) in [5, 5.41) is 7.86. The first-order valence-electron chi connectivity index (χ1n) is 7.72. The molecule has 2 aromatic rings. The molecule has 0 radical (unpaired) electrons. The van der Waals surface area contributed by atoms with E-state index in [0.717, 1.165) is 38.4 Å². The Labute approximate surface area is 140 Å². The van der Waals surface area contributed by atoms with Crippen molar-refractivity contribution < 1.29 is 0 Å². The molecule has 2 aromatic heterocycles. The molecular formula is C16H24N4S2. The summed E-state index contributed by atoms with van der Waals surface area (Å²) in [4.78, 5) is 13.1. The number of guanidine groups is 1. The highest BCUT2D eigenvalue weighted by molar-refractivity contribution is 7.12. The number of aromatic nitrogens is 1. The van der Waals surface area contributed by atoms with E-state index >= 15 is 0 Å². The van der Waals surface area contributed by atoms with Crippen LogP contribution in [0.15, 0.2) is 23.3 Å².